The van der Waals surface area contributed by atoms with E-state index in [0.717, 1.165) is 17.7 Å². The van der Waals surface area contributed by atoms with Gasteiger partial charge in [0, 0.05) is 29.8 Å². The van der Waals surface area contributed by atoms with E-state index in [1.54, 1.807) is 11.0 Å². The first-order valence-electron chi connectivity index (χ1n) is 7.60. The highest BCUT2D eigenvalue weighted by atomic mass is 35.5. The number of H-pyrrole nitrogens is 1. The number of amides is 1. The van der Waals surface area contributed by atoms with Crippen molar-refractivity contribution in [3.05, 3.63) is 22.5 Å². The lowest BCUT2D eigenvalue weighted by Gasteiger charge is -2.26. The van der Waals surface area contributed by atoms with E-state index in [1.807, 2.05) is 26.8 Å². The fourth-order valence-corrected chi connectivity index (χ4v) is 2.86. The molecule has 23 heavy (non-hydrogen) atoms. The van der Waals surface area contributed by atoms with Crippen LogP contribution in [0.25, 0.3) is 6.08 Å². The van der Waals surface area contributed by atoms with Crippen LogP contribution >= 0.6 is 11.6 Å². The summed E-state index contributed by atoms with van der Waals surface area (Å²) in [6.45, 7) is 8.90. The molecule has 1 fully saturated rings. The quantitative estimate of drug-likeness (QED) is 0.721. The first-order valence-corrected chi connectivity index (χ1v) is 7.97. The van der Waals surface area contributed by atoms with E-state index in [-0.39, 0.29) is 16.7 Å². The number of rotatable bonds is 2. The van der Waals surface area contributed by atoms with Gasteiger partial charge in [0.15, 0.2) is 0 Å². The topological polar surface area (TPSA) is 97.4 Å². The summed E-state index contributed by atoms with van der Waals surface area (Å²) in [7, 11) is 0. The van der Waals surface area contributed by atoms with Crippen molar-refractivity contribution in [2.45, 2.75) is 45.1 Å². The molecule has 1 aliphatic rings. The molecule has 6 nitrogen and oxygen atoms in total. The zero-order valence-electron chi connectivity index (χ0n) is 14.1. The lowest BCUT2D eigenvalue weighted by Crippen LogP contribution is -2.37. The van der Waals surface area contributed by atoms with E-state index in [9.17, 15) is 4.79 Å². The number of aromatic amines is 1. The van der Waals surface area contributed by atoms with Crippen molar-refractivity contribution in [1.29, 1.82) is 0 Å². The number of nitrogens with zero attached hydrogens (tertiary/aromatic N) is 1. The number of nitrogens with one attached hydrogen (secondary N) is 1. The molecule has 1 saturated heterocycles. The van der Waals surface area contributed by atoms with Gasteiger partial charge in [0.1, 0.15) is 11.4 Å². The van der Waals surface area contributed by atoms with E-state index >= 15 is 0 Å². The van der Waals surface area contributed by atoms with Gasteiger partial charge in [0.25, 0.3) is 0 Å². The fourth-order valence-electron chi connectivity index (χ4n) is 2.74. The van der Waals surface area contributed by atoms with Gasteiger partial charge in [0.05, 0.1) is 5.16 Å². The van der Waals surface area contributed by atoms with Crippen LogP contribution in [0.2, 0.25) is 0 Å². The number of likely N-dealkylation sites (tertiary alicyclic amines) is 1. The number of nitrogen functional groups attached to an aromatic ring is 1. The lowest BCUT2D eigenvalue weighted by molar-refractivity contribution is 0.0285. The molecule has 0 aromatic carbocycles. The number of hydrogen-bond donors (Lipinski definition) is 3. The van der Waals surface area contributed by atoms with Crippen molar-refractivity contribution in [2.24, 2.45) is 5.73 Å². The Morgan fingerprint density at radius 3 is 2.74 bits per heavy atom. The standard InChI is InChI=1S/C16H25ClN4O2/c1-15(2,3)23-14(22)21-6-5-16(4,9-21)11-7-10(8-12(17)18)13(19)20-11/h7-8,20H,5-6,9,18-19H2,1-4H3/b12-8-. The molecule has 2 heterocycles. The maximum Gasteiger partial charge on any atom is 0.410 e. The number of aromatic nitrogens is 1. The van der Waals surface area contributed by atoms with Crippen LogP contribution in [-0.4, -0.2) is 34.7 Å². The number of nitrogens with two attached hydrogens (primary N) is 2. The largest absolute Gasteiger partial charge is 0.444 e. The molecular weight excluding hydrogens is 316 g/mol. The Hall–Kier alpha value is -1.82. The minimum absolute atomic E-state index is 0.175. The number of ether oxygens (including phenoxy) is 1. The summed E-state index contributed by atoms with van der Waals surface area (Å²) in [4.78, 5) is 17.1. The molecule has 7 heteroatoms. The summed E-state index contributed by atoms with van der Waals surface area (Å²) in [5.41, 5.74) is 12.5. The summed E-state index contributed by atoms with van der Waals surface area (Å²) >= 11 is 5.71. The van der Waals surface area contributed by atoms with Crippen LogP contribution in [0.1, 0.15) is 45.4 Å². The third-order valence-electron chi connectivity index (χ3n) is 3.95. The molecule has 0 aliphatic carbocycles. The summed E-state index contributed by atoms with van der Waals surface area (Å²) in [6, 6.07) is 1.93. The lowest BCUT2D eigenvalue weighted by atomic mass is 9.86. The van der Waals surface area contributed by atoms with Crippen LogP contribution < -0.4 is 11.5 Å². The van der Waals surface area contributed by atoms with Crippen LogP contribution in [0.3, 0.4) is 0 Å². The Bertz CT molecular complexity index is 629. The predicted octanol–water partition coefficient (Wildman–Crippen LogP) is 2.99. The number of carbonyl (C=O) groups is 1. The van der Waals surface area contributed by atoms with Gasteiger partial charge in [-0.05, 0) is 39.3 Å². The second kappa shape index (κ2) is 6.00. The second-order valence-corrected chi connectivity index (χ2v) is 7.73. The number of carbonyl (C=O) groups excluding carboxylic acids is 1. The Kier molecular flexibility index (Phi) is 4.57. The van der Waals surface area contributed by atoms with Gasteiger partial charge in [-0.3, -0.25) is 0 Å². The molecular formula is C16H25ClN4O2. The Balaban J connectivity index is 2.15. The second-order valence-electron chi connectivity index (χ2n) is 7.29. The summed E-state index contributed by atoms with van der Waals surface area (Å²) in [5, 5.41) is 0.175. The average Bonchev–Trinajstić information content (AvgIpc) is 2.93. The van der Waals surface area contributed by atoms with Gasteiger partial charge in [0.2, 0.25) is 0 Å². The fraction of sp³-hybridized carbons (Fsp3) is 0.562. The molecule has 1 amide bonds. The first kappa shape index (κ1) is 17.5. The van der Waals surface area contributed by atoms with Gasteiger partial charge in [-0.1, -0.05) is 18.5 Å². The van der Waals surface area contributed by atoms with Gasteiger partial charge in [-0.2, -0.15) is 0 Å². The van der Waals surface area contributed by atoms with E-state index in [0.29, 0.717) is 18.9 Å². The number of halogens is 1. The molecule has 1 unspecified atom stereocenters. The molecule has 2 rings (SSSR count). The molecule has 0 spiro atoms. The molecule has 1 aliphatic heterocycles. The molecule has 0 radical (unpaired) electrons. The summed E-state index contributed by atoms with van der Waals surface area (Å²) < 4.78 is 5.44. The Morgan fingerprint density at radius 1 is 1.52 bits per heavy atom. The molecule has 0 bridgehead atoms. The van der Waals surface area contributed by atoms with E-state index < -0.39 is 5.60 Å². The first-order chi connectivity index (χ1) is 10.5. The molecule has 1 aromatic heterocycles. The number of anilines is 1. The molecule has 128 valence electrons. The molecule has 5 N–H and O–H groups in total. The normalized spacial score (nSPS) is 22.5. The summed E-state index contributed by atoms with van der Waals surface area (Å²) in [5.74, 6) is 0.514. The minimum Gasteiger partial charge on any atom is -0.444 e. The van der Waals surface area contributed by atoms with Gasteiger partial charge < -0.3 is 26.1 Å². The number of hydrogen-bond acceptors (Lipinski definition) is 4. The molecule has 1 aromatic rings. The van der Waals surface area contributed by atoms with E-state index in [1.165, 1.54) is 0 Å². The van der Waals surface area contributed by atoms with Crippen molar-refractivity contribution >= 4 is 29.6 Å². The van der Waals surface area contributed by atoms with Gasteiger partial charge in [-0.25, -0.2) is 4.79 Å². The maximum atomic E-state index is 12.2. The van der Waals surface area contributed by atoms with Crippen molar-refractivity contribution in [3.8, 4) is 0 Å². The summed E-state index contributed by atoms with van der Waals surface area (Å²) in [6.07, 6.45) is 2.15. The van der Waals surface area contributed by atoms with Crippen molar-refractivity contribution in [3.63, 3.8) is 0 Å². The Morgan fingerprint density at radius 2 is 2.17 bits per heavy atom. The van der Waals surface area contributed by atoms with E-state index in [4.69, 9.17) is 27.8 Å². The Labute approximate surface area is 141 Å². The van der Waals surface area contributed by atoms with Crippen LogP contribution in [0.15, 0.2) is 11.2 Å². The van der Waals surface area contributed by atoms with Gasteiger partial charge in [-0.15, -0.1) is 0 Å². The van der Waals surface area contributed by atoms with Gasteiger partial charge >= 0.3 is 6.09 Å². The SMILES string of the molecule is CC(C)(C)OC(=O)N1CCC(C)(c2cc(/C=C(\N)Cl)c(N)[nH]2)C1. The van der Waals surface area contributed by atoms with Crippen LogP contribution in [0, 0.1) is 0 Å². The minimum atomic E-state index is -0.497. The third kappa shape index (κ3) is 4.13. The third-order valence-corrected chi connectivity index (χ3v) is 4.06. The van der Waals surface area contributed by atoms with Crippen LogP contribution in [-0.2, 0) is 10.2 Å². The maximum absolute atomic E-state index is 12.2. The van der Waals surface area contributed by atoms with E-state index in [2.05, 4.69) is 11.9 Å². The van der Waals surface area contributed by atoms with Crippen LogP contribution in [0.5, 0.6) is 0 Å². The molecule has 1 atom stereocenters. The highest BCUT2D eigenvalue weighted by Crippen LogP contribution is 2.36. The average molecular weight is 341 g/mol. The monoisotopic (exact) mass is 340 g/mol. The van der Waals surface area contributed by atoms with Crippen molar-refractivity contribution < 1.29 is 9.53 Å². The van der Waals surface area contributed by atoms with Crippen molar-refractivity contribution in [2.75, 3.05) is 18.8 Å². The molecule has 0 saturated carbocycles. The zero-order valence-corrected chi connectivity index (χ0v) is 14.8. The smallest absolute Gasteiger partial charge is 0.410 e. The van der Waals surface area contributed by atoms with Crippen LogP contribution in [0.4, 0.5) is 10.6 Å². The zero-order chi connectivity index (χ0) is 17.4. The highest BCUT2D eigenvalue weighted by molar-refractivity contribution is 6.31. The van der Waals surface area contributed by atoms with Crippen molar-refractivity contribution in [1.82, 2.24) is 9.88 Å². The predicted molar refractivity (Wildman–Crippen MR) is 93.0 cm³/mol. The highest BCUT2D eigenvalue weighted by Gasteiger charge is 2.40.